The Hall–Kier alpha value is -1.79. The molecule has 0 aliphatic carbocycles. The van der Waals surface area contributed by atoms with E-state index in [2.05, 4.69) is 10.6 Å². The number of hydrogen-bond acceptors (Lipinski definition) is 4. The van der Waals surface area contributed by atoms with Gasteiger partial charge in [-0.25, -0.2) is 4.79 Å². The summed E-state index contributed by atoms with van der Waals surface area (Å²) in [5.41, 5.74) is 4.58. The Morgan fingerprint density at radius 1 is 1.14 bits per heavy atom. The minimum atomic E-state index is -0.775. The highest BCUT2D eigenvalue weighted by atomic mass is 16.5. The number of nitrogens with one attached hydrogen (secondary N) is 2. The van der Waals surface area contributed by atoms with Gasteiger partial charge in [0.1, 0.15) is 6.04 Å². The molecule has 2 unspecified atom stereocenters. The van der Waals surface area contributed by atoms with Crippen LogP contribution in [0.15, 0.2) is 0 Å². The number of nitrogens with two attached hydrogens (primary N) is 1. The third kappa shape index (κ3) is 7.53. The molecule has 0 aliphatic heterocycles. The molecule has 0 aromatic heterocycles. The smallest absolute Gasteiger partial charge is 0.312 e. The van der Waals surface area contributed by atoms with Crippen LogP contribution in [-0.2, 0) is 14.3 Å². The first-order chi connectivity index (χ1) is 9.45. The van der Waals surface area contributed by atoms with Crippen molar-refractivity contribution in [1.82, 2.24) is 10.6 Å². The zero-order valence-electron chi connectivity index (χ0n) is 13.6. The number of carbonyl (C=O) groups excluding carboxylic acids is 3. The van der Waals surface area contributed by atoms with Crippen LogP contribution in [0.5, 0.6) is 0 Å². The fourth-order valence-corrected chi connectivity index (χ4v) is 1.61. The Morgan fingerprint density at radius 3 is 2.05 bits per heavy atom. The molecule has 0 aromatic carbocycles. The van der Waals surface area contributed by atoms with Crippen molar-refractivity contribution >= 4 is 17.9 Å². The second kappa shape index (κ2) is 7.85. The highest BCUT2D eigenvalue weighted by Gasteiger charge is 2.32. The van der Waals surface area contributed by atoms with Gasteiger partial charge in [-0.15, -0.1) is 0 Å². The Morgan fingerprint density at radius 2 is 1.67 bits per heavy atom. The minimum Gasteiger partial charge on any atom is -0.463 e. The molecule has 0 spiro atoms. The lowest BCUT2D eigenvalue weighted by Crippen LogP contribution is -2.55. The van der Waals surface area contributed by atoms with Crippen LogP contribution < -0.4 is 16.4 Å². The quantitative estimate of drug-likeness (QED) is 0.629. The van der Waals surface area contributed by atoms with Crippen LogP contribution in [0, 0.1) is 11.3 Å². The van der Waals surface area contributed by atoms with E-state index in [1.807, 2.05) is 20.8 Å². The van der Waals surface area contributed by atoms with E-state index in [1.54, 1.807) is 20.8 Å². The Balaban J connectivity index is 4.57. The molecular formula is C14H27N3O4. The van der Waals surface area contributed by atoms with Gasteiger partial charge in [-0.05, 0) is 19.3 Å². The van der Waals surface area contributed by atoms with Gasteiger partial charge in [-0.2, -0.15) is 0 Å². The van der Waals surface area contributed by atoms with Gasteiger partial charge in [0.15, 0.2) is 0 Å². The molecule has 0 rings (SSSR count). The van der Waals surface area contributed by atoms with E-state index in [-0.39, 0.29) is 24.5 Å². The lowest BCUT2D eigenvalue weighted by atomic mass is 9.86. The molecule has 0 fully saturated rings. The van der Waals surface area contributed by atoms with Crippen molar-refractivity contribution < 1.29 is 19.1 Å². The van der Waals surface area contributed by atoms with Crippen LogP contribution in [0.4, 0.5) is 4.79 Å². The fourth-order valence-electron chi connectivity index (χ4n) is 1.61. The summed E-state index contributed by atoms with van der Waals surface area (Å²) < 4.78 is 5.06. The number of carbonyl (C=O) groups is 3. The van der Waals surface area contributed by atoms with Crippen LogP contribution in [-0.4, -0.2) is 36.6 Å². The van der Waals surface area contributed by atoms with Crippen LogP contribution in [0.1, 0.15) is 41.5 Å². The van der Waals surface area contributed by atoms with Crippen molar-refractivity contribution in [3.8, 4) is 0 Å². The second-order valence-electron chi connectivity index (χ2n) is 6.44. The lowest BCUT2D eigenvalue weighted by molar-refractivity contribution is -0.151. The van der Waals surface area contributed by atoms with Gasteiger partial charge in [0.25, 0.3) is 0 Å². The number of hydrogen-bond donors (Lipinski definition) is 3. The molecule has 0 aliphatic rings. The summed E-state index contributed by atoms with van der Waals surface area (Å²) in [4.78, 5) is 34.8. The molecule has 0 saturated carbocycles. The molecule has 0 radical (unpaired) electrons. The molecule has 3 amide bonds. The molecule has 0 bridgehead atoms. The van der Waals surface area contributed by atoms with Crippen molar-refractivity contribution in [1.29, 1.82) is 0 Å². The predicted molar refractivity (Wildman–Crippen MR) is 79.4 cm³/mol. The topological polar surface area (TPSA) is 111 Å². The van der Waals surface area contributed by atoms with E-state index < -0.39 is 23.4 Å². The highest BCUT2D eigenvalue weighted by molar-refractivity contribution is 5.87. The largest absolute Gasteiger partial charge is 0.463 e. The minimum absolute atomic E-state index is 0.136. The third-order valence-electron chi connectivity index (χ3n) is 2.75. The molecule has 0 heterocycles. The van der Waals surface area contributed by atoms with Gasteiger partial charge in [0.05, 0.1) is 12.0 Å². The summed E-state index contributed by atoms with van der Waals surface area (Å²) in [6, 6.07) is -1.54. The Bertz CT molecular complexity index is 388. The summed E-state index contributed by atoms with van der Waals surface area (Å²) >= 11 is 0. The second-order valence-corrected chi connectivity index (χ2v) is 6.44. The third-order valence-corrected chi connectivity index (χ3v) is 2.75. The first kappa shape index (κ1) is 19.2. The maximum absolute atomic E-state index is 12.1. The van der Waals surface area contributed by atoms with Crippen molar-refractivity contribution in [2.24, 2.45) is 17.1 Å². The highest BCUT2D eigenvalue weighted by Crippen LogP contribution is 2.19. The number of urea groups is 1. The van der Waals surface area contributed by atoms with Gasteiger partial charge in [-0.3, -0.25) is 9.59 Å². The van der Waals surface area contributed by atoms with Crippen LogP contribution in [0.3, 0.4) is 0 Å². The SMILES string of the molecule is CC(C)OC(=O)C(C)CNC(=O)C(NC(N)=O)C(C)(C)C. The van der Waals surface area contributed by atoms with Crippen LogP contribution in [0.25, 0.3) is 0 Å². The van der Waals surface area contributed by atoms with Gasteiger partial charge in [0, 0.05) is 6.54 Å². The first-order valence-electron chi connectivity index (χ1n) is 6.99. The molecule has 7 heteroatoms. The average Bonchev–Trinajstić information content (AvgIpc) is 2.30. The summed E-state index contributed by atoms with van der Waals surface area (Å²) in [5, 5.41) is 5.05. The molecular weight excluding hydrogens is 274 g/mol. The van der Waals surface area contributed by atoms with Crippen molar-refractivity contribution in [3.63, 3.8) is 0 Å². The van der Waals surface area contributed by atoms with E-state index >= 15 is 0 Å². The summed E-state index contributed by atoms with van der Waals surface area (Å²) in [5.74, 6) is -1.23. The monoisotopic (exact) mass is 301 g/mol. The molecule has 2 atom stereocenters. The van der Waals surface area contributed by atoms with E-state index in [4.69, 9.17) is 10.5 Å². The summed E-state index contributed by atoms with van der Waals surface area (Å²) in [6.07, 6.45) is -0.200. The molecule has 0 saturated heterocycles. The van der Waals surface area contributed by atoms with Crippen molar-refractivity contribution in [3.05, 3.63) is 0 Å². The molecule has 7 nitrogen and oxygen atoms in total. The average molecular weight is 301 g/mol. The lowest BCUT2D eigenvalue weighted by Gasteiger charge is -2.30. The van der Waals surface area contributed by atoms with Crippen molar-refractivity contribution in [2.45, 2.75) is 53.7 Å². The van der Waals surface area contributed by atoms with Gasteiger partial charge in [0.2, 0.25) is 5.91 Å². The van der Waals surface area contributed by atoms with Crippen LogP contribution in [0.2, 0.25) is 0 Å². The molecule has 4 N–H and O–H groups in total. The number of esters is 1. The number of amides is 3. The van der Waals surface area contributed by atoms with E-state index in [1.165, 1.54) is 0 Å². The van der Waals surface area contributed by atoms with Crippen molar-refractivity contribution in [2.75, 3.05) is 6.54 Å². The zero-order valence-corrected chi connectivity index (χ0v) is 13.6. The fraction of sp³-hybridized carbons (Fsp3) is 0.786. The molecule has 0 aromatic rings. The van der Waals surface area contributed by atoms with Crippen LogP contribution >= 0.6 is 0 Å². The zero-order chi connectivity index (χ0) is 16.8. The van der Waals surface area contributed by atoms with Gasteiger partial charge in [-0.1, -0.05) is 27.7 Å². The standard InChI is InChI=1S/C14H27N3O4/c1-8(2)21-12(19)9(3)7-16-11(18)10(14(4,5)6)17-13(15)20/h8-10H,7H2,1-6H3,(H,16,18)(H3,15,17,20). The van der Waals surface area contributed by atoms with Gasteiger partial charge >= 0.3 is 12.0 Å². The number of rotatable bonds is 6. The maximum atomic E-state index is 12.1. The Kier molecular flexibility index (Phi) is 7.18. The Labute approximate surface area is 126 Å². The van der Waals surface area contributed by atoms with E-state index in [0.717, 1.165) is 0 Å². The first-order valence-corrected chi connectivity index (χ1v) is 6.99. The predicted octanol–water partition coefficient (Wildman–Crippen LogP) is 0.773. The maximum Gasteiger partial charge on any atom is 0.312 e. The van der Waals surface area contributed by atoms with E-state index in [9.17, 15) is 14.4 Å². The van der Waals surface area contributed by atoms with Gasteiger partial charge < -0.3 is 21.1 Å². The van der Waals surface area contributed by atoms with E-state index in [0.29, 0.717) is 0 Å². The summed E-state index contributed by atoms with van der Waals surface area (Å²) in [7, 11) is 0. The molecule has 21 heavy (non-hydrogen) atoms. The number of ether oxygens (including phenoxy) is 1. The molecule has 122 valence electrons. The normalized spacial score (nSPS) is 14.2. The number of primary amides is 1. The summed E-state index contributed by atoms with van der Waals surface area (Å²) in [6.45, 7) is 10.7.